The Kier molecular flexibility index (Phi) is 5.54. The average molecular weight is 326 g/mol. The van der Waals surface area contributed by atoms with Crippen molar-refractivity contribution in [3.05, 3.63) is 65.7 Å². The molecule has 2 unspecified atom stereocenters. The summed E-state index contributed by atoms with van der Waals surface area (Å²) in [5, 5.41) is 20.0. The largest absolute Gasteiger partial charge is 0.508 e. The van der Waals surface area contributed by atoms with Gasteiger partial charge in [-0.1, -0.05) is 42.5 Å². The highest BCUT2D eigenvalue weighted by Crippen LogP contribution is 2.20. The smallest absolute Gasteiger partial charge is 0.130 e. The lowest BCUT2D eigenvalue weighted by Crippen LogP contribution is -3.17. The molecule has 3 nitrogen and oxygen atoms in total. The molecule has 1 saturated heterocycles. The summed E-state index contributed by atoms with van der Waals surface area (Å²) in [4.78, 5) is 1.49. The van der Waals surface area contributed by atoms with Crippen molar-refractivity contribution >= 4 is 0 Å². The van der Waals surface area contributed by atoms with Crippen molar-refractivity contribution in [1.29, 1.82) is 0 Å². The van der Waals surface area contributed by atoms with Crippen molar-refractivity contribution in [3.8, 4) is 5.75 Å². The lowest BCUT2D eigenvalue weighted by atomic mass is 9.89. The Balaban J connectivity index is 1.53. The van der Waals surface area contributed by atoms with E-state index >= 15 is 0 Å². The third kappa shape index (κ3) is 4.16. The van der Waals surface area contributed by atoms with Gasteiger partial charge < -0.3 is 15.1 Å². The van der Waals surface area contributed by atoms with Gasteiger partial charge in [0.25, 0.3) is 0 Å². The van der Waals surface area contributed by atoms with Crippen molar-refractivity contribution in [2.24, 2.45) is 5.92 Å². The number of nitrogens with one attached hydrogen (secondary N) is 1. The zero-order valence-corrected chi connectivity index (χ0v) is 14.4. The molecule has 0 spiro atoms. The summed E-state index contributed by atoms with van der Waals surface area (Å²) in [7, 11) is 0. The van der Waals surface area contributed by atoms with Gasteiger partial charge in [-0.3, -0.25) is 0 Å². The lowest BCUT2D eigenvalue weighted by molar-refractivity contribution is -0.933. The number of hydrogen-bond donors (Lipinski definition) is 3. The van der Waals surface area contributed by atoms with Gasteiger partial charge >= 0.3 is 0 Å². The van der Waals surface area contributed by atoms with Crippen LogP contribution in [0.5, 0.6) is 5.75 Å². The first-order valence-corrected chi connectivity index (χ1v) is 8.99. The summed E-state index contributed by atoms with van der Waals surface area (Å²) in [6.45, 7) is 4.37. The zero-order chi connectivity index (χ0) is 16.9. The summed E-state index contributed by atoms with van der Waals surface area (Å²) in [6, 6.07) is 17.8. The van der Waals surface area contributed by atoms with E-state index in [0.717, 1.165) is 24.6 Å². The van der Waals surface area contributed by atoms with Crippen molar-refractivity contribution in [3.63, 3.8) is 0 Å². The van der Waals surface area contributed by atoms with Crippen LogP contribution in [0.1, 0.15) is 37.0 Å². The maximum Gasteiger partial charge on any atom is 0.130 e. The van der Waals surface area contributed by atoms with Crippen LogP contribution < -0.4 is 4.90 Å². The number of aromatic hydroxyl groups is 1. The topological polar surface area (TPSA) is 44.9 Å². The number of quaternary nitrogens is 1. The number of likely N-dealkylation sites (tertiary alicyclic amines) is 1. The maximum absolute atomic E-state index is 10.6. The van der Waals surface area contributed by atoms with Gasteiger partial charge in [0.1, 0.15) is 17.9 Å². The van der Waals surface area contributed by atoms with Crippen molar-refractivity contribution < 1.29 is 15.1 Å². The molecule has 2 aromatic rings. The van der Waals surface area contributed by atoms with E-state index in [1.54, 1.807) is 12.1 Å². The van der Waals surface area contributed by atoms with Crippen LogP contribution in [0.2, 0.25) is 0 Å². The number of hydrogen-bond acceptors (Lipinski definition) is 2. The monoisotopic (exact) mass is 326 g/mol. The van der Waals surface area contributed by atoms with Crippen LogP contribution in [0.25, 0.3) is 0 Å². The standard InChI is InChI=1S/C21H27NO2/c1-16(21(24)19-7-9-20(23)10-8-19)22-13-11-18(12-14-22)15-17-5-3-2-4-6-17/h2-10,16,18,21,23-24H,11-15H2,1H3/p+1. The number of phenolic OH excluding ortho intramolecular Hbond substituents is 1. The van der Waals surface area contributed by atoms with Gasteiger partial charge in [-0.05, 0) is 55.4 Å². The molecule has 1 aliphatic rings. The minimum atomic E-state index is -0.480. The molecule has 24 heavy (non-hydrogen) atoms. The van der Waals surface area contributed by atoms with Gasteiger partial charge in [0.05, 0.1) is 13.1 Å². The predicted molar refractivity (Wildman–Crippen MR) is 96.1 cm³/mol. The van der Waals surface area contributed by atoms with Gasteiger partial charge in [-0.2, -0.15) is 0 Å². The fourth-order valence-electron chi connectivity index (χ4n) is 3.84. The Morgan fingerprint density at radius 1 is 1.00 bits per heavy atom. The molecule has 0 saturated carbocycles. The van der Waals surface area contributed by atoms with E-state index < -0.39 is 6.10 Å². The predicted octanol–water partition coefficient (Wildman–Crippen LogP) is 2.35. The van der Waals surface area contributed by atoms with E-state index in [0.29, 0.717) is 0 Å². The molecule has 0 bridgehead atoms. The van der Waals surface area contributed by atoms with E-state index in [9.17, 15) is 10.2 Å². The van der Waals surface area contributed by atoms with Gasteiger partial charge in [0.2, 0.25) is 0 Å². The van der Waals surface area contributed by atoms with Crippen LogP contribution in [0.4, 0.5) is 0 Å². The highest BCUT2D eigenvalue weighted by Gasteiger charge is 2.30. The molecule has 3 N–H and O–H groups in total. The summed E-state index contributed by atoms with van der Waals surface area (Å²) in [5.74, 6) is 1.00. The fraction of sp³-hybridized carbons (Fsp3) is 0.429. The number of aliphatic hydroxyl groups is 1. The molecule has 0 aromatic heterocycles. The SMILES string of the molecule is CC(C(O)c1ccc(O)cc1)[NH+]1CCC(Cc2ccccc2)CC1. The van der Waals surface area contributed by atoms with Crippen LogP contribution in [-0.4, -0.2) is 29.3 Å². The molecular formula is C21H28NO2+. The third-order valence-corrected chi connectivity index (χ3v) is 5.47. The Labute approximate surface area is 144 Å². The van der Waals surface area contributed by atoms with Crippen LogP contribution in [0.15, 0.2) is 54.6 Å². The molecular weight excluding hydrogens is 298 g/mol. The van der Waals surface area contributed by atoms with E-state index in [1.807, 2.05) is 12.1 Å². The molecule has 3 rings (SSSR count). The normalized spacial score (nSPS) is 23.6. The molecule has 0 aliphatic carbocycles. The lowest BCUT2D eigenvalue weighted by Gasteiger charge is -2.35. The molecule has 0 radical (unpaired) electrons. The quantitative estimate of drug-likeness (QED) is 0.790. The summed E-state index contributed by atoms with van der Waals surface area (Å²) in [5.41, 5.74) is 2.32. The highest BCUT2D eigenvalue weighted by molar-refractivity contribution is 5.27. The van der Waals surface area contributed by atoms with Crippen molar-refractivity contribution in [1.82, 2.24) is 0 Å². The maximum atomic E-state index is 10.6. The zero-order valence-electron chi connectivity index (χ0n) is 14.4. The number of phenols is 1. The van der Waals surface area contributed by atoms with Crippen LogP contribution in [0.3, 0.4) is 0 Å². The van der Waals surface area contributed by atoms with Gasteiger partial charge in [-0.25, -0.2) is 0 Å². The fourth-order valence-corrected chi connectivity index (χ4v) is 3.84. The third-order valence-electron chi connectivity index (χ3n) is 5.47. The van der Waals surface area contributed by atoms with E-state index in [4.69, 9.17) is 0 Å². The van der Waals surface area contributed by atoms with Crippen LogP contribution in [-0.2, 0) is 6.42 Å². The Morgan fingerprint density at radius 3 is 2.25 bits per heavy atom. The van der Waals surface area contributed by atoms with Gasteiger partial charge in [-0.15, -0.1) is 0 Å². The van der Waals surface area contributed by atoms with E-state index in [-0.39, 0.29) is 11.8 Å². The van der Waals surface area contributed by atoms with Gasteiger partial charge in [0, 0.05) is 0 Å². The molecule has 3 heteroatoms. The summed E-state index contributed by atoms with van der Waals surface area (Å²) < 4.78 is 0. The minimum Gasteiger partial charge on any atom is -0.508 e. The van der Waals surface area contributed by atoms with E-state index in [1.165, 1.54) is 29.7 Å². The number of benzene rings is 2. The highest BCUT2D eigenvalue weighted by atomic mass is 16.3. The Bertz CT molecular complexity index is 618. The van der Waals surface area contributed by atoms with Crippen molar-refractivity contribution in [2.75, 3.05) is 13.1 Å². The number of piperidine rings is 1. The molecule has 0 amide bonds. The average Bonchev–Trinajstić information content (AvgIpc) is 2.63. The number of aliphatic hydroxyl groups excluding tert-OH is 1. The molecule has 2 atom stereocenters. The molecule has 1 fully saturated rings. The first-order chi connectivity index (χ1) is 11.6. The minimum absolute atomic E-state index is 0.173. The first-order valence-electron chi connectivity index (χ1n) is 8.99. The van der Waals surface area contributed by atoms with Crippen molar-refractivity contribution in [2.45, 2.75) is 38.3 Å². The molecule has 1 aliphatic heterocycles. The molecule has 2 aromatic carbocycles. The second-order valence-corrected chi connectivity index (χ2v) is 7.12. The summed E-state index contributed by atoms with van der Waals surface area (Å²) >= 11 is 0. The van der Waals surface area contributed by atoms with Crippen LogP contribution >= 0.6 is 0 Å². The summed E-state index contributed by atoms with van der Waals surface area (Å²) in [6.07, 6.45) is 3.13. The van der Waals surface area contributed by atoms with Gasteiger partial charge in [0.15, 0.2) is 0 Å². The first kappa shape index (κ1) is 17.0. The number of rotatable bonds is 5. The molecule has 1 heterocycles. The molecule has 128 valence electrons. The van der Waals surface area contributed by atoms with Crippen LogP contribution in [0, 0.1) is 5.92 Å². The second-order valence-electron chi connectivity index (χ2n) is 7.12. The Hall–Kier alpha value is -1.84. The Morgan fingerprint density at radius 2 is 1.62 bits per heavy atom. The second kappa shape index (κ2) is 7.82. The van der Waals surface area contributed by atoms with E-state index in [2.05, 4.69) is 37.3 Å².